The summed E-state index contributed by atoms with van der Waals surface area (Å²) in [6.07, 6.45) is 8.68. The summed E-state index contributed by atoms with van der Waals surface area (Å²) in [6.45, 7) is 2.92. The fraction of sp³-hybridized carbons (Fsp3) is 0.419. The smallest absolute Gasteiger partial charge is 0.269 e. The molecule has 8 heteroatoms. The first-order valence-electron chi connectivity index (χ1n) is 14.1. The van der Waals surface area contributed by atoms with Crippen molar-refractivity contribution in [3.8, 4) is 11.3 Å². The average molecular weight is 530 g/mol. The van der Waals surface area contributed by atoms with E-state index in [0.717, 1.165) is 24.0 Å². The van der Waals surface area contributed by atoms with E-state index in [1.807, 2.05) is 49.4 Å². The monoisotopic (exact) mass is 529 g/mol. The molecule has 206 valence electrons. The molecule has 1 fully saturated rings. The van der Waals surface area contributed by atoms with Crippen LogP contribution in [0.25, 0.3) is 11.3 Å². The molecule has 8 nitrogen and oxygen atoms in total. The first-order valence-corrected chi connectivity index (χ1v) is 14.1. The van der Waals surface area contributed by atoms with E-state index in [9.17, 15) is 14.4 Å². The lowest BCUT2D eigenvalue weighted by Gasteiger charge is -2.24. The highest BCUT2D eigenvalue weighted by Crippen LogP contribution is 2.27. The van der Waals surface area contributed by atoms with Gasteiger partial charge >= 0.3 is 0 Å². The molecule has 0 saturated heterocycles. The Labute approximate surface area is 230 Å². The normalized spacial score (nSPS) is 14.4. The summed E-state index contributed by atoms with van der Waals surface area (Å²) in [4.78, 5) is 38.4. The molecule has 4 rings (SSSR count). The van der Waals surface area contributed by atoms with E-state index in [4.69, 9.17) is 0 Å². The zero-order valence-electron chi connectivity index (χ0n) is 22.7. The maximum absolute atomic E-state index is 13.0. The number of H-pyrrole nitrogens is 1. The number of carbonyl (C=O) groups excluding carboxylic acids is 3. The molecule has 4 N–H and O–H groups in total. The summed E-state index contributed by atoms with van der Waals surface area (Å²) in [5.74, 6) is -0.00458. The molecular formula is C31H39N5O3. The van der Waals surface area contributed by atoms with Crippen molar-refractivity contribution in [2.24, 2.45) is 5.92 Å². The highest BCUT2D eigenvalue weighted by Gasteiger charge is 2.23. The maximum Gasteiger partial charge on any atom is 0.269 e. The number of benzene rings is 2. The van der Waals surface area contributed by atoms with Gasteiger partial charge in [0, 0.05) is 24.2 Å². The van der Waals surface area contributed by atoms with Crippen molar-refractivity contribution < 1.29 is 14.4 Å². The van der Waals surface area contributed by atoms with E-state index in [0.29, 0.717) is 42.4 Å². The van der Waals surface area contributed by atoms with Crippen molar-refractivity contribution in [3.63, 3.8) is 0 Å². The van der Waals surface area contributed by atoms with E-state index in [1.54, 1.807) is 18.2 Å². The summed E-state index contributed by atoms with van der Waals surface area (Å²) in [5.41, 5.74) is 3.36. The van der Waals surface area contributed by atoms with E-state index in [-0.39, 0.29) is 17.7 Å². The molecule has 0 unspecified atom stereocenters. The Morgan fingerprint density at radius 3 is 2.41 bits per heavy atom. The van der Waals surface area contributed by atoms with Crippen LogP contribution >= 0.6 is 0 Å². The molecule has 3 aromatic rings. The Morgan fingerprint density at radius 2 is 1.69 bits per heavy atom. The molecule has 0 aliphatic heterocycles. The number of rotatable bonds is 12. The molecule has 1 saturated carbocycles. The van der Waals surface area contributed by atoms with Gasteiger partial charge in [-0.1, -0.05) is 81.5 Å². The number of carbonyl (C=O) groups is 3. The lowest BCUT2D eigenvalue weighted by molar-refractivity contribution is -0.123. The molecule has 1 heterocycles. The van der Waals surface area contributed by atoms with Gasteiger partial charge in [0.15, 0.2) is 0 Å². The van der Waals surface area contributed by atoms with Gasteiger partial charge in [0.2, 0.25) is 5.91 Å². The molecule has 0 spiro atoms. The van der Waals surface area contributed by atoms with Gasteiger partial charge in [0.1, 0.15) is 11.7 Å². The van der Waals surface area contributed by atoms with Crippen molar-refractivity contribution in [1.29, 1.82) is 0 Å². The molecule has 0 radical (unpaired) electrons. The van der Waals surface area contributed by atoms with Gasteiger partial charge in [-0.2, -0.15) is 5.10 Å². The summed E-state index contributed by atoms with van der Waals surface area (Å²) >= 11 is 0. The minimum atomic E-state index is -0.542. The Balaban J connectivity index is 1.30. The molecule has 1 aliphatic rings. The molecule has 1 aromatic heterocycles. The predicted molar refractivity (Wildman–Crippen MR) is 152 cm³/mol. The Bertz CT molecular complexity index is 1220. The van der Waals surface area contributed by atoms with Gasteiger partial charge in [-0.05, 0) is 48.9 Å². The molecule has 2 aromatic carbocycles. The van der Waals surface area contributed by atoms with Crippen LogP contribution in [0.3, 0.4) is 0 Å². The first kappa shape index (κ1) is 28.1. The van der Waals surface area contributed by atoms with E-state index in [2.05, 4.69) is 26.1 Å². The van der Waals surface area contributed by atoms with Gasteiger partial charge in [0.05, 0.1) is 5.69 Å². The van der Waals surface area contributed by atoms with E-state index in [1.165, 1.54) is 32.1 Å². The fourth-order valence-electron chi connectivity index (χ4n) is 5.01. The Kier molecular flexibility index (Phi) is 10.3. The van der Waals surface area contributed by atoms with Gasteiger partial charge in [-0.3, -0.25) is 19.5 Å². The standard InChI is InChI=1S/C31H39N5O3/c1-2-19-32-30(38)26(18-15-22-9-5-3-6-10-22)34-29(37)25-16-13-23(14-17-25)21-33-31(39)28-20-27(35-36-28)24-11-7-4-8-12-24/h4,7-8,11-14,16-17,20,22,26H,2-3,5-6,9-10,15,18-19,21H2,1H3,(H,32,38)(H,33,39)(H,34,37)(H,35,36)/t26-/m0/s1. The summed E-state index contributed by atoms with van der Waals surface area (Å²) in [6, 6.07) is 17.9. The lowest BCUT2D eigenvalue weighted by Crippen LogP contribution is -2.47. The maximum atomic E-state index is 13.0. The average Bonchev–Trinajstić information content (AvgIpc) is 3.48. The summed E-state index contributed by atoms with van der Waals surface area (Å²) < 4.78 is 0. The second kappa shape index (κ2) is 14.3. The van der Waals surface area contributed by atoms with Crippen LogP contribution in [-0.4, -0.2) is 40.5 Å². The Morgan fingerprint density at radius 1 is 0.949 bits per heavy atom. The number of aromatic nitrogens is 2. The number of aromatic amines is 1. The highest BCUT2D eigenvalue weighted by molar-refractivity contribution is 5.97. The number of nitrogens with one attached hydrogen (secondary N) is 4. The van der Waals surface area contributed by atoms with Crippen molar-refractivity contribution in [2.45, 2.75) is 70.9 Å². The topological polar surface area (TPSA) is 116 Å². The van der Waals surface area contributed by atoms with E-state index < -0.39 is 6.04 Å². The minimum Gasteiger partial charge on any atom is -0.354 e. The zero-order chi connectivity index (χ0) is 27.5. The van der Waals surface area contributed by atoms with Crippen LogP contribution in [0.4, 0.5) is 0 Å². The number of hydrogen-bond donors (Lipinski definition) is 4. The molecule has 1 atom stereocenters. The zero-order valence-corrected chi connectivity index (χ0v) is 22.7. The number of hydrogen-bond acceptors (Lipinski definition) is 4. The van der Waals surface area contributed by atoms with Crippen LogP contribution in [0.1, 0.15) is 84.7 Å². The van der Waals surface area contributed by atoms with Crippen molar-refractivity contribution in [2.75, 3.05) is 6.54 Å². The van der Waals surface area contributed by atoms with Crippen molar-refractivity contribution in [1.82, 2.24) is 26.1 Å². The highest BCUT2D eigenvalue weighted by atomic mass is 16.2. The quantitative estimate of drug-likeness (QED) is 0.264. The van der Waals surface area contributed by atoms with Crippen molar-refractivity contribution in [3.05, 3.63) is 77.5 Å². The molecular weight excluding hydrogens is 490 g/mol. The SMILES string of the molecule is CCCNC(=O)[C@H](CCC1CCCCC1)NC(=O)c1ccc(CNC(=O)c2cc(-c3ccccc3)n[nH]2)cc1. The lowest BCUT2D eigenvalue weighted by atomic mass is 9.85. The minimum absolute atomic E-state index is 0.116. The van der Waals surface area contributed by atoms with Crippen LogP contribution in [-0.2, 0) is 11.3 Å². The molecule has 1 aliphatic carbocycles. The van der Waals surface area contributed by atoms with Gasteiger partial charge in [-0.25, -0.2) is 0 Å². The van der Waals surface area contributed by atoms with Crippen LogP contribution in [0.5, 0.6) is 0 Å². The van der Waals surface area contributed by atoms with Crippen LogP contribution in [0.15, 0.2) is 60.7 Å². The molecule has 3 amide bonds. The third kappa shape index (κ3) is 8.27. The van der Waals surface area contributed by atoms with Crippen LogP contribution < -0.4 is 16.0 Å². The second-order valence-corrected chi connectivity index (χ2v) is 10.3. The van der Waals surface area contributed by atoms with E-state index >= 15 is 0 Å². The number of amides is 3. The van der Waals surface area contributed by atoms with Gasteiger partial charge in [-0.15, -0.1) is 0 Å². The third-order valence-corrected chi connectivity index (χ3v) is 7.32. The fourth-order valence-corrected chi connectivity index (χ4v) is 5.01. The van der Waals surface area contributed by atoms with Crippen molar-refractivity contribution >= 4 is 17.7 Å². The predicted octanol–water partition coefficient (Wildman–Crippen LogP) is 4.99. The van der Waals surface area contributed by atoms with Crippen LogP contribution in [0, 0.1) is 5.92 Å². The molecule has 0 bridgehead atoms. The van der Waals surface area contributed by atoms with Crippen LogP contribution in [0.2, 0.25) is 0 Å². The number of nitrogens with zero attached hydrogens (tertiary/aromatic N) is 1. The first-order chi connectivity index (χ1) is 19.0. The third-order valence-electron chi connectivity index (χ3n) is 7.32. The Hall–Kier alpha value is -3.94. The largest absolute Gasteiger partial charge is 0.354 e. The second-order valence-electron chi connectivity index (χ2n) is 10.3. The molecule has 39 heavy (non-hydrogen) atoms. The van der Waals surface area contributed by atoms with Gasteiger partial charge < -0.3 is 16.0 Å². The van der Waals surface area contributed by atoms with Gasteiger partial charge in [0.25, 0.3) is 11.8 Å². The summed E-state index contributed by atoms with van der Waals surface area (Å²) in [7, 11) is 0. The summed E-state index contributed by atoms with van der Waals surface area (Å²) in [5, 5.41) is 15.8.